The molecule has 2 aromatic carbocycles. The third-order valence-corrected chi connectivity index (χ3v) is 6.62. The van der Waals surface area contributed by atoms with Gasteiger partial charge in [-0.1, -0.05) is 60.1 Å². The SMILES string of the molecule is O=C1[C@@H]2C3c4ccccc4C(c4ccccc43)[C@@H]2C(=O)N1c1cc(Cl)ccn1. The van der Waals surface area contributed by atoms with Gasteiger partial charge in [0.1, 0.15) is 5.82 Å². The summed E-state index contributed by atoms with van der Waals surface area (Å²) in [7, 11) is 0. The summed E-state index contributed by atoms with van der Waals surface area (Å²) in [6, 6.07) is 19.6. The molecule has 3 aromatic rings. The molecule has 0 radical (unpaired) electrons. The number of carbonyl (C=O) groups is 2. The molecule has 3 aliphatic carbocycles. The molecule has 2 atom stereocenters. The molecule has 4 aliphatic rings. The van der Waals surface area contributed by atoms with E-state index >= 15 is 0 Å². The number of anilines is 1. The van der Waals surface area contributed by atoms with E-state index in [1.165, 1.54) is 11.1 Å². The first-order chi connectivity index (χ1) is 13.7. The highest BCUT2D eigenvalue weighted by atomic mass is 35.5. The quantitative estimate of drug-likeness (QED) is 0.591. The molecule has 0 unspecified atom stereocenters. The van der Waals surface area contributed by atoms with E-state index < -0.39 is 11.8 Å². The normalized spacial score (nSPS) is 26.8. The van der Waals surface area contributed by atoms with Gasteiger partial charge in [-0.3, -0.25) is 9.59 Å². The first-order valence-corrected chi connectivity index (χ1v) is 9.71. The van der Waals surface area contributed by atoms with Gasteiger partial charge in [0.25, 0.3) is 0 Å². The van der Waals surface area contributed by atoms with Crippen LogP contribution in [0.5, 0.6) is 0 Å². The summed E-state index contributed by atoms with van der Waals surface area (Å²) in [6.45, 7) is 0. The molecule has 1 fully saturated rings. The highest BCUT2D eigenvalue weighted by Crippen LogP contribution is 2.61. The maximum Gasteiger partial charge on any atom is 0.239 e. The van der Waals surface area contributed by atoms with Crippen LogP contribution < -0.4 is 4.90 Å². The minimum atomic E-state index is -0.400. The summed E-state index contributed by atoms with van der Waals surface area (Å²) >= 11 is 6.10. The third kappa shape index (κ3) is 1.88. The van der Waals surface area contributed by atoms with Gasteiger partial charge in [0.2, 0.25) is 11.8 Å². The molecule has 1 aromatic heterocycles. The number of nitrogens with zero attached hydrogens (tertiary/aromatic N) is 2. The number of hydrogen-bond donors (Lipinski definition) is 0. The van der Waals surface area contributed by atoms with Crippen LogP contribution in [-0.4, -0.2) is 16.8 Å². The topological polar surface area (TPSA) is 50.3 Å². The van der Waals surface area contributed by atoms with Crippen molar-refractivity contribution >= 4 is 29.2 Å². The molecule has 2 amide bonds. The number of halogens is 1. The smallest absolute Gasteiger partial charge is 0.239 e. The summed E-state index contributed by atoms with van der Waals surface area (Å²) < 4.78 is 0. The minimum absolute atomic E-state index is 0.108. The number of imide groups is 1. The Hall–Kier alpha value is -2.98. The van der Waals surface area contributed by atoms with Crippen molar-refractivity contribution in [1.82, 2.24) is 4.98 Å². The van der Waals surface area contributed by atoms with Crippen molar-refractivity contribution in [3.8, 4) is 0 Å². The molecule has 0 spiro atoms. The van der Waals surface area contributed by atoms with E-state index in [-0.39, 0.29) is 23.7 Å². The van der Waals surface area contributed by atoms with Crippen molar-refractivity contribution < 1.29 is 9.59 Å². The average Bonchev–Trinajstić information content (AvgIpc) is 2.99. The molecule has 1 saturated heterocycles. The van der Waals surface area contributed by atoms with Crippen molar-refractivity contribution in [3.63, 3.8) is 0 Å². The monoisotopic (exact) mass is 386 g/mol. The fourth-order valence-electron chi connectivity index (χ4n) is 5.42. The van der Waals surface area contributed by atoms with Gasteiger partial charge in [0.15, 0.2) is 0 Å². The standard InChI is InChI=1S/C23H15ClN2O2/c24-12-9-10-25-17(11-12)26-22(27)20-18-13-5-1-2-6-14(13)19(21(20)23(26)28)16-8-4-3-7-15(16)18/h1-11,18-21H/t18?,19?,20-,21+. The zero-order chi connectivity index (χ0) is 19.0. The summed E-state index contributed by atoms with van der Waals surface area (Å²) in [5.41, 5.74) is 4.65. The molecular weight excluding hydrogens is 372 g/mol. The second-order valence-corrected chi connectivity index (χ2v) is 8.05. The van der Waals surface area contributed by atoms with Crippen molar-refractivity contribution in [2.75, 3.05) is 4.90 Å². The van der Waals surface area contributed by atoms with Crippen LogP contribution in [0, 0.1) is 11.8 Å². The lowest BCUT2D eigenvalue weighted by atomic mass is 9.55. The number of aromatic nitrogens is 1. The zero-order valence-corrected chi connectivity index (χ0v) is 15.5. The lowest BCUT2D eigenvalue weighted by Crippen LogP contribution is -2.41. The van der Waals surface area contributed by atoms with Gasteiger partial charge in [0, 0.05) is 29.1 Å². The number of benzene rings is 2. The third-order valence-electron chi connectivity index (χ3n) is 6.39. The Morgan fingerprint density at radius 3 is 1.64 bits per heavy atom. The number of amides is 2. The molecule has 0 saturated carbocycles. The molecule has 28 heavy (non-hydrogen) atoms. The van der Waals surface area contributed by atoms with Crippen LogP contribution in [0.3, 0.4) is 0 Å². The van der Waals surface area contributed by atoms with Crippen LogP contribution in [-0.2, 0) is 9.59 Å². The predicted octanol–water partition coefficient (Wildman–Crippen LogP) is 4.13. The lowest BCUT2D eigenvalue weighted by molar-refractivity contribution is -0.122. The molecule has 1 aliphatic heterocycles. The fraction of sp³-hybridized carbons (Fsp3) is 0.174. The largest absolute Gasteiger partial charge is 0.274 e. The fourth-order valence-corrected chi connectivity index (χ4v) is 5.57. The summed E-state index contributed by atoms with van der Waals surface area (Å²) in [4.78, 5) is 32.5. The molecule has 5 heteroatoms. The highest BCUT2D eigenvalue weighted by Gasteiger charge is 2.62. The number of carbonyl (C=O) groups excluding carboxylic acids is 2. The Kier molecular flexibility index (Phi) is 3.16. The number of rotatable bonds is 1. The minimum Gasteiger partial charge on any atom is -0.274 e. The molecule has 2 bridgehead atoms. The van der Waals surface area contributed by atoms with Gasteiger partial charge >= 0.3 is 0 Å². The van der Waals surface area contributed by atoms with Crippen molar-refractivity contribution in [2.24, 2.45) is 11.8 Å². The average molecular weight is 387 g/mol. The van der Waals surface area contributed by atoms with Crippen LogP contribution in [0.4, 0.5) is 5.82 Å². The summed E-state index contributed by atoms with van der Waals surface area (Å²) in [6.07, 6.45) is 1.53. The van der Waals surface area contributed by atoms with Crippen LogP contribution in [0.2, 0.25) is 5.02 Å². The first-order valence-electron chi connectivity index (χ1n) is 9.34. The first kappa shape index (κ1) is 16.0. The maximum absolute atomic E-state index is 13.5. The van der Waals surface area contributed by atoms with E-state index in [9.17, 15) is 9.59 Å². The van der Waals surface area contributed by atoms with Crippen LogP contribution >= 0.6 is 11.6 Å². The summed E-state index contributed by atoms with van der Waals surface area (Å²) in [5, 5.41) is 0.454. The van der Waals surface area contributed by atoms with Crippen molar-refractivity contribution in [3.05, 3.63) is 94.1 Å². The van der Waals surface area contributed by atoms with Gasteiger partial charge < -0.3 is 0 Å². The Morgan fingerprint density at radius 2 is 1.21 bits per heavy atom. The molecule has 7 rings (SSSR count). The van der Waals surface area contributed by atoms with E-state index in [0.717, 1.165) is 22.3 Å². The molecule has 0 N–H and O–H groups in total. The number of pyridine rings is 1. The Balaban J connectivity index is 1.58. The molecule has 136 valence electrons. The molecule has 2 heterocycles. The van der Waals surface area contributed by atoms with Crippen LogP contribution in [0.25, 0.3) is 0 Å². The summed E-state index contributed by atoms with van der Waals surface area (Å²) in [5.74, 6) is -1.06. The Bertz CT molecular complexity index is 1060. The van der Waals surface area contributed by atoms with Gasteiger partial charge in [-0.25, -0.2) is 9.88 Å². The van der Waals surface area contributed by atoms with Gasteiger partial charge in [0.05, 0.1) is 11.8 Å². The number of hydrogen-bond acceptors (Lipinski definition) is 3. The zero-order valence-electron chi connectivity index (χ0n) is 14.7. The van der Waals surface area contributed by atoms with Crippen LogP contribution in [0.15, 0.2) is 66.9 Å². The van der Waals surface area contributed by atoms with E-state index in [0.29, 0.717) is 10.8 Å². The second kappa shape index (κ2) is 5.52. The van der Waals surface area contributed by atoms with Gasteiger partial charge in [-0.15, -0.1) is 0 Å². The van der Waals surface area contributed by atoms with E-state index in [4.69, 9.17) is 11.6 Å². The van der Waals surface area contributed by atoms with E-state index in [2.05, 4.69) is 29.2 Å². The lowest BCUT2D eigenvalue weighted by Gasteiger charge is -2.45. The van der Waals surface area contributed by atoms with E-state index in [1.54, 1.807) is 12.1 Å². The van der Waals surface area contributed by atoms with Gasteiger partial charge in [-0.05, 0) is 28.3 Å². The van der Waals surface area contributed by atoms with Gasteiger partial charge in [-0.2, -0.15) is 0 Å². The van der Waals surface area contributed by atoms with Crippen molar-refractivity contribution in [2.45, 2.75) is 11.8 Å². The maximum atomic E-state index is 13.5. The Morgan fingerprint density at radius 1 is 0.750 bits per heavy atom. The molecule has 4 nitrogen and oxygen atoms in total. The van der Waals surface area contributed by atoms with E-state index in [1.807, 2.05) is 24.3 Å². The highest BCUT2D eigenvalue weighted by molar-refractivity contribution is 6.31. The predicted molar refractivity (Wildman–Crippen MR) is 105 cm³/mol. The van der Waals surface area contributed by atoms with Crippen molar-refractivity contribution in [1.29, 1.82) is 0 Å². The molecular formula is C23H15ClN2O2. The second-order valence-electron chi connectivity index (χ2n) is 7.61. The Labute approximate surface area is 166 Å². The van der Waals surface area contributed by atoms with Crippen LogP contribution in [0.1, 0.15) is 34.1 Å².